The largest absolute Gasteiger partial charge is 0.381 e. The Morgan fingerprint density at radius 2 is 0.586 bits per heavy atom. The Balaban J connectivity index is -0.000000109. The van der Waals surface area contributed by atoms with Crippen LogP contribution in [0.3, 0.4) is 0 Å². The number of hydrogen-bond donors (Lipinski definition) is 2. The van der Waals surface area contributed by atoms with Crippen LogP contribution in [0.1, 0.15) is 378 Å². The van der Waals surface area contributed by atoms with E-state index in [0.717, 1.165) is 134 Å². The minimum atomic E-state index is 0.565. The Bertz CT molecular complexity index is 890. The molecule has 4 aliphatic carbocycles. The van der Waals surface area contributed by atoms with E-state index in [2.05, 4.69) is 135 Å². The maximum Gasteiger partial charge on any atom is 0.0598 e. The minimum absolute atomic E-state index is 0.565. The third-order valence-electron chi connectivity index (χ3n) is 18.0. The maximum atomic E-state index is 5.41. The van der Waals surface area contributed by atoms with E-state index in [9.17, 15) is 0 Å². The van der Waals surface area contributed by atoms with Gasteiger partial charge in [0.15, 0.2) is 0 Å². The standard InChI is InChI=1S/2C8H16.2C7H15N.2C7H14O.2C7H14.C6H12O.9C2H6/c2*1-7(2)8-5-3-4-6-8;1-6(2)7-3-4-8-5-7;1-6(2)7-4-3-5-8-7;1-6(2)7-3-4-8-5-7;1-6(2)7-4-3-5-8-7;2*1-6(2)7-4-3-5-7;1-5(2)6-3-7-4-6;9*1-2/h2*7-8H,3-6H2,1-2H3;2*6-8H,3-5H2,1-2H3;2*6-7H,3-5H2,1-2H3;2*6-7H,3-5H2,1-2H3;5-6H,3-4H2,1-2H3;9*1-2H3. The summed E-state index contributed by atoms with van der Waals surface area (Å²) in [7, 11) is 0. The second-order valence-electron chi connectivity index (χ2n) is 26.6. The third-order valence-corrected chi connectivity index (χ3v) is 18.0. The predicted molar refractivity (Wildman–Crippen MR) is 408 cm³/mol. The summed E-state index contributed by atoms with van der Waals surface area (Å²) in [5.41, 5.74) is 0. The average molecular weight is 1250 g/mol. The lowest BCUT2D eigenvalue weighted by atomic mass is 9.78. The molecule has 5 saturated heterocycles. The quantitative estimate of drug-likeness (QED) is 0.241. The first kappa shape index (κ1) is 106. The van der Waals surface area contributed by atoms with E-state index >= 15 is 0 Å². The highest BCUT2D eigenvalue weighted by Gasteiger charge is 2.24. The number of hydrogen-bond acceptors (Lipinski definition) is 5. The van der Waals surface area contributed by atoms with Crippen molar-refractivity contribution in [2.45, 2.75) is 390 Å². The topological polar surface area (TPSA) is 51.8 Å². The Morgan fingerprint density at radius 3 is 0.701 bits per heavy atom. The molecule has 0 aromatic rings. The van der Waals surface area contributed by atoms with Gasteiger partial charge in [-0.25, -0.2) is 0 Å². The zero-order chi connectivity index (χ0) is 69.7. The van der Waals surface area contributed by atoms with E-state index in [-0.39, 0.29) is 0 Å². The molecule has 2 N–H and O–H groups in total. The lowest BCUT2D eigenvalue weighted by Gasteiger charge is -2.29. The highest BCUT2D eigenvalue weighted by molar-refractivity contribution is 4.77. The van der Waals surface area contributed by atoms with Crippen LogP contribution < -0.4 is 10.6 Å². The van der Waals surface area contributed by atoms with Crippen LogP contribution in [0.25, 0.3) is 0 Å². The van der Waals surface area contributed by atoms with Crippen molar-refractivity contribution in [3.8, 4) is 0 Å². The molecule has 4 unspecified atom stereocenters. The van der Waals surface area contributed by atoms with E-state index in [1.54, 1.807) is 0 Å². The van der Waals surface area contributed by atoms with E-state index in [4.69, 9.17) is 14.2 Å². The van der Waals surface area contributed by atoms with Crippen LogP contribution in [0.5, 0.6) is 0 Å². The molecule has 5 heterocycles. The fraction of sp³-hybridized carbons (Fsp3) is 1.00. The fourth-order valence-electron chi connectivity index (χ4n) is 10.8. The smallest absolute Gasteiger partial charge is 0.0598 e. The van der Waals surface area contributed by atoms with Crippen LogP contribution in [0, 0.1) is 94.7 Å². The van der Waals surface area contributed by atoms with Gasteiger partial charge in [0.05, 0.1) is 19.3 Å². The lowest BCUT2D eigenvalue weighted by molar-refractivity contribution is -0.0534. The number of ether oxygens (including phenoxy) is 3. The van der Waals surface area contributed by atoms with E-state index in [1.165, 1.54) is 148 Å². The molecule has 0 spiro atoms. The summed E-state index contributed by atoms with van der Waals surface area (Å²) in [5, 5.41) is 6.81. The monoisotopic (exact) mass is 1250 g/mol. The Hall–Kier alpha value is -0.200. The first-order valence-electron chi connectivity index (χ1n) is 40.0. The molecule has 0 aromatic heterocycles. The zero-order valence-corrected chi connectivity index (χ0v) is 68.4. The van der Waals surface area contributed by atoms with Crippen molar-refractivity contribution in [3.63, 3.8) is 0 Å². The van der Waals surface area contributed by atoms with Crippen molar-refractivity contribution in [2.75, 3.05) is 52.7 Å². The van der Waals surface area contributed by atoms with Crippen molar-refractivity contribution in [1.29, 1.82) is 0 Å². The third kappa shape index (κ3) is 65.7. The fourth-order valence-corrected chi connectivity index (χ4v) is 10.8. The van der Waals surface area contributed by atoms with Gasteiger partial charge in [-0.2, -0.15) is 0 Å². The summed E-state index contributed by atoms with van der Waals surface area (Å²) in [5.74, 6) is 14.8. The summed E-state index contributed by atoms with van der Waals surface area (Å²) >= 11 is 0. The summed E-state index contributed by atoms with van der Waals surface area (Å²) in [4.78, 5) is 0. The molecule has 0 aromatic carbocycles. The summed E-state index contributed by atoms with van der Waals surface area (Å²) < 4.78 is 15.6. The normalized spacial score (nSPS) is 21.2. The second kappa shape index (κ2) is 81.9. The van der Waals surface area contributed by atoms with Gasteiger partial charge in [-0.05, 0) is 147 Å². The van der Waals surface area contributed by atoms with Crippen molar-refractivity contribution in [1.82, 2.24) is 10.6 Å². The minimum Gasteiger partial charge on any atom is -0.381 e. The van der Waals surface area contributed by atoms with Gasteiger partial charge in [0.1, 0.15) is 0 Å². The molecule has 4 saturated carbocycles. The summed E-state index contributed by atoms with van der Waals surface area (Å²) in [6.07, 6.45) is 29.4. The molecule has 9 aliphatic rings. The van der Waals surface area contributed by atoms with Gasteiger partial charge in [0, 0.05) is 31.8 Å². The predicted octanol–water partition coefficient (Wildman–Crippen LogP) is 27.2. The molecule has 5 aliphatic heterocycles. The van der Waals surface area contributed by atoms with Crippen molar-refractivity contribution in [3.05, 3.63) is 0 Å². The van der Waals surface area contributed by atoms with Gasteiger partial charge in [0.2, 0.25) is 0 Å². The van der Waals surface area contributed by atoms with Gasteiger partial charge in [-0.1, -0.05) is 339 Å². The molecule has 9 fully saturated rings. The zero-order valence-electron chi connectivity index (χ0n) is 68.4. The molecule has 5 nitrogen and oxygen atoms in total. The molecule has 0 amide bonds. The van der Waals surface area contributed by atoms with Crippen LogP contribution in [0.15, 0.2) is 0 Å². The van der Waals surface area contributed by atoms with Gasteiger partial charge in [-0.15, -0.1) is 0 Å². The van der Waals surface area contributed by atoms with Crippen LogP contribution in [-0.2, 0) is 14.2 Å². The van der Waals surface area contributed by atoms with Gasteiger partial charge >= 0.3 is 0 Å². The van der Waals surface area contributed by atoms with Crippen molar-refractivity contribution in [2.24, 2.45) is 94.7 Å². The molecular weight excluding hydrogens is 1060 g/mol. The molecule has 5 heteroatoms. The van der Waals surface area contributed by atoms with Crippen LogP contribution in [-0.4, -0.2) is 64.8 Å². The highest BCUT2D eigenvalue weighted by atomic mass is 16.5. The Kier molecular flexibility index (Phi) is 99.4. The van der Waals surface area contributed by atoms with Gasteiger partial charge in [0.25, 0.3) is 0 Å². The molecule has 0 bridgehead atoms. The van der Waals surface area contributed by atoms with Crippen LogP contribution in [0.4, 0.5) is 0 Å². The van der Waals surface area contributed by atoms with Gasteiger partial charge in [-0.3, -0.25) is 0 Å². The van der Waals surface area contributed by atoms with E-state index in [0.29, 0.717) is 6.10 Å². The average Bonchev–Trinajstić information content (AvgIpc) is 4.47. The molecular formula is C82H184N2O3. The molecule has 0 radical (unpaired) electrons. The van der Waals surface area contributed by atoms with E-state index < -0.39 is 0 Å². The van der Waals surface area contributed by atoms with Crippen LogP contribution >= 0.6 is 0 Å². The number of nitrogens with one attached hydrogen (secondary N) is 2. The van der Waals surface area contributed by atoms with Gasteiger partial charge < -0.3 is 24.8 Å². The summed E-state index contributed by atoms with van der Waals surface area (Å²) in [6, 6.07) is 0.815. The van der Waals surface area contributed by atoms with E-state index in [1.807, 2.05) is 125 Å². The SMILES string of the molecule is CC.CC.CC.CC.CC.CC.CC.CC.CC.CC(C)C1CCC1.CC(C)C1CCC1.CC(C)C1CCCC1.CC(C)C1CCCC1.CC(C)C1CCCN1.CC(C)C1CCCO1.CC(C)C1CCNC1.CC(C)C1CCOC1.CC(C)C1COC1. The Morgan fingerprint density at radius 1 is 0.253 bits per heavy atom. The molecule has 9 rings (SSSR count). The summed E-state index contributed by atoms with van der Waals surface area (Å²) in [6.45, 7) is 86.0. The first-order valence-corrected chi connectivity index (χ1v) is 40.0. The van der Waals surface area contributed by atoms with Crippen LogP contribution in [0.2, 0.25) is 0 Å². The molecule has 4 atom stereocenters. The maximum absolute atomic E-state index is 5.41. The first-order chi connectivity index (χ1) is 41.7. The Labute approximate surface area is 559 Å². The second-order valence-corrected chi connectivity index (χ2v) is 26.6. The van der Waals surface area contributed by atoms with Crippen molar-refractivity contribution < 1.29 is 14.2 Å². The molecule has 540 valence electrons. The lowest BCUT2D eigenvalue weighted by Crippen LogP contribution is -2.31. The van der Waals surface area contributed by atoms with Crippen molar-refractivity contribution >= 4 is 0 Å². The molecule has 87 heavy (non-hydrogen) atoms. The highest BCUT2D eigenvalue weighted by Crippen LogP contribution is 2.34. The number of rotatable bonds is 9.